The van der Waals surface area contributed by atoms with Gasteiger partial charge in [-0.25, -0.2) is 0 Å². The minimum atomic E-state index is -1.26. The lowest BCUT2D eigenvalue weighted by Gasteiger charge is -2.52. The molecule has 3 aliphatic heterocycles. The first-order valence-electron chi connectivity index (χ1n) is 17.3. The molecule has 0 saturated carbocycles. The maximum absolute atomic E-state index is 10.1. The number of aliphatic hydroxyl groups is 3. The zero-order valence-electron chi connectivity index (χ0n) is 33.3. The highest BCUT2D eigenvalue weighted by Crippen LogP contribution is 2.38. The molecule has 3 fully saturated rings. The molecular formula is C36H72N4O9. The fourth-order valence-corrected chi connectivity index (χ4v) is 7.70. The zero-order chi connectivity index (χ0) is 39.1. The second-order valence-corrected chi connectivity index (χ2v) is 18.1. The highest BCUT2D eigenvalue weighted by molar-refractivity contribution is 5.75. The lowest BCUT2D eigenvalue weighted by molar-refractivity contribution is -0.144. The Morgan fingerprint density at radius 2 is 0.592 bits per heavy atom. The largest absolute Gasteiger partial charge is 0.480 e. The Morgan fingerprint density at radius 1 is 0.449 bits per heavy atom. The van der Waals surface area contributed by atoms with E-state index in [0.29, 0.717) is 0 Å². The summed E-state index contributed by atoms with van der Waals surface area (Å²) in [6.07, 6.45) is 4.89. The van der Waals surface area contributed by atoms with Gasteiger partial charge in [0.05, 0.1) is 37.9 Å². The summed E-state index contributed by atoms with van der Waals surface area (Å²) < 4.78 is 0. The molecule has 0 spiro atoms. The van der Waals surface area contributed by atoms with Crippen molar-refractivity contribution in [1.29, 1.82) is 0 Å². The molecule has 0 bridgehead atoms. The summed E-state index contributed by atoms with van der Waals surface area (Å²) >= 11 is 0. The predicted octanol–water partition coefficient (Wildman–Crippen LogP) is 3.43. The number of aliphatic hydroxyl groups excluding tert-OH is 3. The van der Waals surface area contributed by atoms with Gasteiger partial charge in [0.1, 0.15) is 0 Å². The smallest absolute Gasteiger partial charge is 0.317 e. The van der Waals surface area contributed by atoms with E-state index in [0.717, 1.165) is 43.4 Å². The normalized spacial score (nSPS) is 25.0. The van der Waals surface area contributed by atoms with Crippen LogP contribution in [0.4, 0.5) is 0 Å². The van der Waals surface area contributed by atoms with Crippen molar-refractivity contribution in [3.63, 3.8) is 0 Å². The van der Waals surface area contributed by atoms with Gasteiger partial charge < -0.3 is 30.6 Å². The molecule has 0 atom stereocenters. The number of hydrogen-bond donors (Lipinski definition) is 6. The van der Waals surface area contributed by atoms with Crippen molar-refractivity contribution in [3.05, 3.63) is 0 Å². The Bertz CT molecular complexity index is 903. The molecule has 13 heteroatoms. The third kappa shape index (κ3) is 15.5. The van der Waals surface area contributed by atoms with Crippen molar-refractivity contribution in [1.82, 2.24) is 19.6 Å². The van der Waals surface area contributed by atoms with Gasteiger partial charge in [-0.3, -0.25) is 34.0 Å². The molecule has 3 aliphatic rings. The van der Waals surface area contributed by atoms with Crippen LogP contribution in [0.15, 0.2) is 0 Å². The fraction of sp³-hybridized carbons (Fsp3) is 0.917. The molecule has 0 aromatic carbocycles. The molecule has 0 radical (unpaired) electrons. The van der Waals surface area contributed by atoms with Crippen LogP contribution in [0.3, 0.4) is 0 Å². The maximum atomic E-state index is 10.1. The van der Waals surface area contributed by atoms with E-state index in [4.69, 9.17) is 15.3 Å². The van der Waals surface area contributed by atoms with Crippen LogP contribution >= 0.6 is 0 Å². The number of carbonyl (C=O) groups is 3. The topological polar surface area (TPSA) is 186 Å². The summed E-state index contributed by atoms with van der Waals surface area (Å²) in [5, 5.41) is 53.9. The number of nitrogens with zero attached hydrogens (tertiary/aromatic N) is 4. The lowest BCUT2D eigenvalue weighted by atomic mass is 9.79. The highest BCUT2D eigenvalue weighted by Gasteiger charge is 2.44. The Kier molecular flexibility index (Phi) is 16.9. The van der Waals surface area contributed by atoms with Crippen LogP contribution in [-0.4, -0.2) is 160 Å². The van der Waals surface area contributed by atoms with Crippen LogP contribution < -0.4 is 0 Å². The number of hydrogen-bond acceptors (Lipinski definition) is 10. The van der Waals surface area contributed by atoms with Gasteiger partial charge in [0, 0.05) is 33.2 Å². The molecule has 0 aliphatic carbocycles. The molecule has 3 rings (SSSR count). The van der Waals surface area contributed by atoms with Crippen LogP contribution in [0.5, 0.6) is 0 Å². The fourth-order valence-electron chi connectivity index (χ4n) is 7.70. The summed E-state index contributed by atoms with van der Waals surface area (Å²) in [4.78, 5) is 38.3. The zero-order valence-corrected chi connectivity index (χ0v) is 33.3. The lowest BCUT2D eigenvalue weighted by Crippen LogP contribution is -2.59. The van der Waals surface area contributed by atoms with Gasteiger partial charge in [-0.05, 0) is 143 Å². The summed E-state index contributed by atoms with van der Waals surface area (Å²) in [6, 6.07) is 0. The van der Waals surface area contributed by atoms with Crippen LogP contribution in [0.1, 0.15) is 122 Å². The maximum Gasteiger partial charge on any atom is 0.317 e. The van der Waals surface area contributed by atoms with E-state index >= 15 is 0 Å². The summed E-state index contributed by atoms with van der Waals surface area (Å²) in [6.45, 7) is 24.5. The Morgan fingerprint density at radius 3 is 0.714 bits per heavy atom. The number of carboxylic acid groups (broad SMARTS) is 3. The van der Waals surface area contributed by atoms with E-state index in [1.54, 1.807) is 0 Å². The molecular weight excluding hydrogens is 632 g/mol. The first kappa shape index (κ1) is 47.1. The quantitative estimate of drug-likeness (QED) is 0.237. The van der Waals surface area contributed by atoms with Gasteiger partial charge in [0.2, 0.25) is 0 Å². The van der Waals surface area contributed by atoms with E-state index in [-0.39, 0.29) is 51.5 Å². The first-order valence-corrected chi connectivity index (χ1v) is 17.3. The summed E-state index contributed by atoms with van der Waals surface area (Å²) in [5.41, 5.74) is 0.757. The number of aliphatic carboxylic acids is 3. The highest BCUT2D eigenvalue weighted by atomic mass is 16.4. The SMILES string of the molecule is CN1C(C)(C)CC(O)CC1(C)C.CN1C(C)(C)CC(O)CC1(C)C.CN1C(C)(C)CC(O)CC1(C)C.O=C(O)CN(CC(=O)O)CC(=O)O. The molecule has 49 heavy (non-hydrogen) atoms. The minimum Gasteiger partial charge on any atom is -0.480 e. The average molecular weight is 705 g/mol. The Balaban J connectivity index is 0.000000627. The average Bonchev–Trinajstić information content (AvgIpc) is 2.83. The Labute approximate surface area is 296 Å². The molecule has 13 nitrogen and oxygen atoms in total. The van der Waals surface area contributed by atoms with Gasteiger partial charge in [-0.1, -0.05) is 0 Å². The van der Waals surface area contributed by atoms with E-state index in [2.05, 4.69) is 119 Å². The van der Waals surface area contributed by atoms with Gasteiger partial charge in [0.15, 0.2) is 0 Å². The third-order valence-corrected chi connectivity index (χ3v) is 10.9. The third-order valence-electron chi connectivity index (χ3n) is 10.9. The van der Waals surface area contributed by atoms with Gasteiger partial charge in [0.25, 0.3) is 0 Å². The van der Waals surface area contributed by atoms with Crippen LogP contribution in [0, 0.1) is 0 Å². The van der Waals surface area contributed by atoms with Gasteiger partial charge >= 0.3 is 17.9 Å². The summed E-state index contributed by atoms with van der Waals surface area (Å²) in [5.74, 6) is -3.78. The minimum absolute atomic E-state index is 0.126. The van der Waals surface area contributed by atoms with E-state index in [1.807, 2.05) is 0 Å². The van der Waals surface area contributed by atoms with E-state index < -0.39 is 37.5 Å². The van der Waals surface area contributed by atoms with Crippen molar-refractivity contribution < 1.29 is 45.0 Å². The van der Waals surface area contributed by atoms with Crippen LogP contribution in [0.25, 0.3) is 0 Å². The molecule has 3 saturated heterocycles. The molecule has 0 amide bonds. The Hall–Kier alpha value is -1.87. The van der Waals surface area contributed by atoms with Crippen molar-refractivity contribution in [2.75, 3.05) is 40.8 Å². The molecule has 3 heterocycles. The second-order valence-electron chi connectivity index (χ2n) is 18.1. The molecule has 290 valence electrons. The van der Waals surface area contributed by atoms with Crippen LogP contribution in [0.2, 0.25) is 0 Å². The second kappa shape index (κ2) is 17.6. The van der Waals surface area contributed by atoms with Crippen LogP contribution in [-0.2, 0) is 14.4 Å². The number of carboxylic acids is 3. The van der Waals surface area contributed by atoms with Crippen molar-refractivity contribution in [3.8, 4) is 0 Å². The van der Waals surface area contributed by atoms with E-state index in [9.17, 15) is 29.7 Å². The standard InChI is InChI=1S/3C10H21NO.C6H9NO6/c3*1-9(2)6-8(12)7-10(3,4)11(9)5;8-4(9)1-7(2-5(10)11)3-6(12)13/h3*8,12H,6-7H2,1-5H3;1-3H2,(H,8,9)(H,10,11)(H,12,13). The number of rotatable bonds is 6. The van der Waals surface area contributed by atoms with Gasteiger partial charge in [-0.2, -0.15) is 0 Å². The molecule has 0 aromatic heterocycles. The molecule has 0 unspecified atom stereocenters. The molecule has 0 aromatic rings. The van der Waals surface area contributed by atoms with Crippen molar-refractivity contribution in [2.24, 2.45) is 0 Å². The van der Waals surface area contributed by atoms with Crippen molar-refractivity contribution in [2.45, 2.75) is 173 Å². The first-order chi connectivity index (χ1) is 21.7. The molecule has 6 N–H and O–H groups in total. The number of likely N-dealkylation sites (tertiary alicyclic amines) is 3. The monoisotopic (exact) mass is 705 g/mol. The summed E-state index contributed by atoms with van der Waals surface area (Å²) in [7, 11) is 6.43. The van der Waals surface area contributed by atoms with Gasteiger partial charge in [-0.15, -0.1) is 0 Å². The van der Waals surface area contributed by atoms with E-state index in [1.165, 1.54) is 0 Å². The number of piperidine rings is 3. The predicted molar refractivity (Wildman–Crippen MR) is 193 cm³/mol. The van der Waals surface area contributed by atoms with Crippen molar-refractivity contribution >= 4 is 17.9 Å².